The van der Waals surface area contributed by atoms with Gasteiger partial charge in [-0.1, -0.05) is 31.2 Å². The maximum absolute atomic E-state index is 12.6. The number of hydrogen-bond acceptors (Lipinski definition) is 3. The molecule has 1 aliphatic heterocycles. The fourth-order valence-corrected chi connectivity index (χ4v) is 3.01. The van der Waals surface area contributed by atoms with E-state index in [1.807, 2.05) is 18.2 Å². The molecule has 1 aromatic carbocycles. The van der Waals surface area contributed by atoms with Gasteiger partial charge in [-0.3, -0.25) is 4.79 Å². The Labute approximate surface area is 127 Å². The van der Waals surface area contributed by atoms with E-state index in [1.54, 1.807) is 7.11 Å². The fraction of sp³-hybridized carbons (Fsp3) is 0.588. The highest BCUT2D eigenvalue weighted by Crippen LogP contribution is 2.32. The van der Waals surface area contributed by atoms with Crippen molar-refractivity contribution in [3.05, 3.63) is 35.4 Å². The molecule has 1 heterocycles. The molecule has 1 amide bonds. The lowest BCUT2D eigenvalue weighted by Crippen LogP contribution is -2.47. The van der Waals surface area contributed by atoms with Crippen molar-refractivity contribution >= 4 is 5.91 Å². The highest BCUT2D eigenvalue weighted by Gasteiger charge is 2.37. The van der Waals surface area contributed by atoms with Gasteiger partial charge in [0, 0.05) is 13.7 Å². The first kappa shape index (κ1) is 16.0. The minimum absolute atomic E-state index is 0.185. The number of carbonyl (C=O) groups is 1. The average molecular weight is 290 g/mol. The van der Waals surface area contributed by atoms with E-state index in [2.05, 4.69) is 23.6 Å². The predicted molar refractivity (Wildman–Crippen MR) is 83.8 cm³/mol. The van der Waals surface area contributed by atoms with Gasteiger partial charge in [0.15, 0.2) is 0 Å². The number of nitrogens with one attached hydrogen (secondary N) is 2. The van der Waals surface area contributed by atoms with Crippen LogP contribution >= 0.6 is 0 Å². The second-order valence-electron chi connectivity index (χ2n) is 5.82. The van der Waals surface area contributed by atoms with E-state index in [0.29, 0.717) is 13.2 Å². The van der Waals surface area contributed by atoms with Crippen molar-refractivity contribution in [2.24, 2.45) is 5.41 Å². The van der Waals surface area contributed by atoms with E-state index < -0.39 is 0 Å². The molecule has 1 saturated heterocycles. The maximum Gasteiger partial charge on any atom is 0.226 e. The third-order valence-electron chi connectivity index (χ3n) is 4.47. The van der Waals surface area contributed by atoms with Crippen molar-refractivity contribution in [3.8, 4) is 0 Å². The molecular formula is C17H26N2O2. The van der Waals surface area contributed by atoms with Gasteiger partial charge in [0.2, 0.25) is 5.91 Å². The third-order valence-corrected chi connectivity index (χ3v) is 4.47. The van der Waals surface area contributed by atoms with Crippen LogP contribution in [-0.4, -0.2) is 26.1 Å². The fourth-order valence-electron chi connectivity index (χ4n) is 3.01. The molecule has 116 valence electrons. The van der Waals surface area contributed by atoms with Gasteiger partial charge in [0.05, 0.1) is 12.0 Å². The summed E-state index contributed by atoms with van der Waals surface area (Å²) in [4.78, 5) is 12.6. The molecule has 4 nitrogen and oxygen atoms in total. The second kappa shape index (κ2) is 7.57. The zero-order valence-electron chi connectivity index (χ0n) is 13.1. The van der Waals surface area contributed by atoms with Gasteiger partial charge < -0.3 is 15.4 Å². The summed E-state index contributed by atoms with van der Waals surface area (Å²) in [5.74, 6) is 0.198. The molecule has 0 atom stereocenters. The molecule has 0 radical (unpaired) electrons. The molecule has 4 heteroatoms. The van der Waals surface area contributed by atoms with Crippen LogP contribution in [0.1, 0.15) is 37.3 Å². The first-order valence-corrected chi connectivity index (χ1v) is 7.76. The summed E-state index contributed by atoms with van der Waals surface area (Å²) in [6, 6.07) is 8.18. The molecule has 0 unspecified atom stereocenters. The Kier molecular flexibility index (Phi) is 5.76. The van der Waals surface area contributed by atoms with Crippen LogP contribution in [0.4, 0.5) is 0 Å². The van der Waals surface area contributed by atoms with Crippen LogP contribution in [0, 0.1) is 5.41 Å². The van der Waals surface area contributed by atoms with Gasteiger partial charge in [-0.2, -0.15) is 0 Å². The number of hydrogen-bond donors (Lipinski definition) is 2. The monoisotopic (exact) mass is 290 g/mol. The summed E-state index contributed by atoms with van der Waals surface area (Å²) in [5.41, 5.74) is 2.07. The lowest BCUT2D eigenvalue weighted by atomic mass is 9.76. The Morgan fingerprint density at radius 1 is 1.33 bits per heavy atom. The topological polar surface area (TPSA) is 50.4 Å². The minimum Gasteiger partial charge on any atom is -0.380 e. The smallest absolute Gasteiger partial charge is 0.226 e. The van der Waals surface area contributed by atoms with E-state index in [-0.39, 0.29) is 11.3 Å². The average Bonchev–Trinajstić information content (AvgIpc) is 2.54. The van der Waals surface area contributed by atoms with Gasteiger partial charge in [0.25, 0.3) is 0 Å². The zero-order valence-corrected chi connectivity index (χ0v) is 13.1. The molecular weight excluding hydrogens is 264 g/mol. The van der Waals surface area contributed by atoms with Crippen LogP contribution in [0.15, 0.2) is 24.3 Å². The van der Waals surface area contributed by atoms with Crippen LogP contribution in [0.3, 0.4) is 0 Å². The first-order valence-electron chi connectivity index (χ1n) is 7.76. The normalized spacial score (nSPS) is 17.4. The first-order chi connectivity index (χ1) is 10.2. The zero-order chi connectivity index (χ0) is 15.1. The molecule has 0 spiro atoms. The molecule has 2 rings (SSSR count). The molecule has 0 saturated carbocycles. The van der Waals surface area contributed by atoms with Crippen LogP contribution in [0.2, 0.25) is 0 Å². The Balaban J connectivity index is 1.95. The lowest BCUT2D eigenvalue weighted by Gasteiger charge is -2.35. The van der Waals surface area contributed by atoms with E-state index in [0.717, 1.165) is 43.5 Å². The Hall–Kier alpha value is -1.39. The number of piperidine rings is 1. The van der Waals surface area contributed by atoms with E-state index in [9.17, 15) is 4.79 Å². The van der Waals surface area contributed by atoms with Crippen LogP contribution < -0.4 is 10.6 Å². The van der Waals surface area contributed by atoms with E-state index in [1.165, 1.54) is 0 Å². The maximum atomic E-state index is 12.6. The summed E-state index contributed by atoms with van der Waals surface area (Å²) in [6.45, 7) is 5.18. The highest BCUT2D eigenvalue weighted by molar-refractivity contribution is 5.82. The van der Waals surface area contributed by atoms with Crippen molar-refractivity contribution in [2.45, 2.75) is 39.3 Å². The Morgan fingerprint density at radius 2 is 2.05 bits per heavy atom. The van der Waals surface area contributed by atoms with Crippen molar-refractivity contribution < 1.29 is 9.53 Å². The molecule has 0 aliphatic carbocycles. The van der Waals surface area contributed by atoms with Gasteiger partial charge in [-0.25, -0.2) is 0 Å². The number of ether oxygens (including phenoxy) is 1. The van der Waals surface area contributed by atoms with Crippen molar-refractivity contribution in [3.63, 3.8) is 0 Å². The Morgan fingerprint density at radius 3 is 2.71 bits per heavy atom. The van der Waals surface area contributed by atoms with Crippen LogP contribution in [0.25, 0.3) is 0 Å². The van der Waals surface area contributed by atoms with Gasteiger partial charge >= 0.3 is 0 Å². The lowest BCUT2D eigenvalue weighted by molar-refractivity contribution is -0.133. The highest BCUT2D eigenvalue weighted by atomic mass is 16.5. The number of methoxy groups -OCH3 is 1. The molecule has 2 N–H and O–H groups in total. The molecule has 1 aromatic rings. The number of rotatable bonds is 6. The largest absolute Gasteiger partial charge is 0.380 e. The summed E-state index contributed by atoms with van der Waals surface area (Å²) in [7, 11) is 1.69. The van der Waals surface area contributed by atoms with Gasteiger partial charge in [-0.05, 0) is 43.5 Å². The second-order valence-corrected chi connectivity index (χ2v) is 5.82. The molecule has 1 aliphatic rings. The standard InChI is InChI=1S/C17H26N2O2/c1-3-17(7-9-18-10-8-17)16(20)19-12-14-5-4-6-15(11-14)13-21-2/h4-6,11,18H,3,7-10,12-13H2,1-2H3,(H,19,20). The van der Waals surface area contributed by atoms with E-state index in [4.69, 9.17) is 4.74 Å². The van der Waals surface area contributed by atoms with Crippen LogP contribution in [0.5, 0.6) is 0 Å². The summed E-state index contributed by atoms with van der Waals surface area (Å²) >= 11 is 0. The number of carbonyl (C=O) groups excluding carboxylic acids is 1. The molecule has 0 aromatic heterocycles. The molecule has 1 fully saturated rings. The predicted octanol–water partition coefficient (Wildman–Crippen LogP) is 2.23. The summed E-state index contributed by atoms with van der Waals surface area (Å²) in [5, 5.41) is 6.45. The molecule has 21 heavy (non-hydrogen) atoms. The molecule has 0 bridgehead atoms. The summed E-state index contributed by atoms with van der Waals surface area (Å²) < 4.78 is 5.14. The van der Waals surface area contributed by atoms with Crippen molar-refractivity contribution in [1.82, 2.24) is 10.6 Å². The SMILES string of the molecule is CCC1(C(=O)NCc2cccc(COC)c2)CCNCC1. The summed E-state index contributed by atoms with van der Waals surface area (Å²) in [6.07, 6.45) is 2.77. The van der Waals surface area contributed by atoms with Gasteiger partial charge in [0.1, 0.15) is 0 Å². The van der Waals surface area contributed by atoms with Gasteiger partial charge in [-0.15, -0.1) is 0 Å². The minimum atomic E-state index is -0.185. The number of amides is 1. The quantitative estimate of drug-likeness (QED) is 0.844. The van der Waals surface area contributed by atoms with Crippen LogP contribution in [-0.2, 0) is 22.7 Å². The van der Waals surface area contributed by atoms with Crippen molar-refractivity contribution in [1.29, 1.82) is 0 Å². The number of benzene rings is 1. The Bertz CT molecular complexity index is 468. The third kappa shape index (κ3) is 4.05. The van der Waals surface area contributed by atoms with Crippen molar-refractivity contribution in [2.75, 3.05) is 20.2 Å². The van der Waals surface area contributed by atoms with E-state index >= 15 is 0 Å².